The highest BCUT2D eigenvalue weighted by molar-refractivity contribution is 6.30. The van der Waals surface area contributed by atoms with Gasteiger partial charge in [-0.05, 0) is 45.0 Å². The molecule has 1 aromatic rings. The molecular weight excluding hydrogens is 326 g/mol. The maximum Gasteiger partial charge on any atom is 0.236 e. The second-order valence-corrected chi connectivity index (χ2v) is 6.25. The lowest BCUT2D eigenvalue weighted by atomic mass is 10.0. The molecule has 0 saturated heterocycles. The van der Waals surface area contributed by atoms with Gasteiger partial charge in [0, 0.05) is 18.1 Å². The fourth-order valence-corrected chi connectivity index (χ4v) is 2.69. The summed E-state index contributed by atoms with van der Waals surface area (Å²) in [7, 11) is 1.78. The van der Waals surface area contributed by atoms with Crippen molar-refractivity contribution in [1.82, 2.24) is 15.1 Å². The number of nitrogens with one attached hydrogen (secondary N) is 1. The summed E-state index contributed by atoms with van der Waals surface area (Å²) in [6.07, 6.45) is 0.787. The number of benzene rings is 1. The van der Waals surface area contributed by atoms with Gasteiger partial charge >= 0.3 is 0 Å². The van der Waals surface area contributed by atoms with Crippen LogP contribution in [0.25, 0.3) is 0 Å². The fourth-order valence-electron chi connectivity index (χ4n) is 2.56. The lowest BCUT2D eigenvalue weighted by molar-refractivity contribution is -0.132. The first-order valence-corrected chi connectivity index (χ1v) is 8.80. The van der Waals surface area contributed by atoms with Gasteiger partial charge in [-0.3, -0.25) is 14.5 Å². The first-order valence-electron chi connectivity index (χ1n) is 8.42. The minimum atomic E-state index is -0.0911. The van der Waals surface area contributed by atoms with Gasteiger partial charge in [-0.2, -0.15) is 0 Å². The fraction of sp³-hybridized carbons (Fsp3) is 0.556. The van der Waals surface area contributed by atoms with Crippen LogP contribution in [0.3, 0.4) is 0 Å². The molecule has 0 saturated carbocycles. The zero-order valence-electron chi connectivity index (χ0n) is 15.0. The third kappa shape index (κ3) is 6.49. The molecule has 0 aliphatic heterocycles. The van der Waals surface area contributed by atoms with E-state index in [1.54, 1.807) is 16.8 Å². The standard InChI is InChI=1S/C18H28ClN3O2/c1-5-16(14-8-10-15(19)11-9-14)20-17(23)12-21(4)13-18(24)22(6-2)7-3/h8-11,16H,5-7,12-13H2,1-4H3,(H,20,23). The predicted molar refractivity (Wildman–Crippen MR) is 98.1 cm³/mol. The van der Waals surface area contributed by atoms with Gasteiger partial charge in [-0.25, -0.2) is 0 Å². The average Bonchev–Trinajstić information content (AvgIpc) is 2.54. The monoisotopic (exact) mass is 353 g/mol. The molecule has 5 nitrogen and oxygen atoms in total. The Balaban J connectivity index is 2.54. The van der Waals surface area contributed by atoms with Crippen molar-refractivity contribution in [3.63, 3.8) is 0 Å². The van der Waals surface area contributed by atoms with Crippen LogP contribution in [-0.4, -0.2) is 54.8 Å². The highest BCUT2D eigenvalue weighted by Crippen LogP contribution is 2.19. The van der Waals surface area contributed by atoms with Gasteiger partial charge in [-0.15, -0.1) is 0 Å². The van der Waals surface area contributed by atoms with Crippen LogP contribution in [0.1, 0.15) is 38.8 Å². The molecule has 0 heterocycles. The topological polar surface area (TPSA) is 52.7 Å². The molecule has 0 aliphatic carbocycles. The Morgan fingerprint density at radius 3 is 2.17 bits per heavy atom. The quantitative estimate of drug-likeness (QED) is 0.742. The van der Waals surface area contributed by atoms with E-state index in [-0.39, 0.29) is 30.9 Å². The van der Waals surface area contributed by atoms with Crippen molar-refractivity contribution in [2.45, 2.75) is 33.2 Å². The maximum atomic E-state index is 12.2. The van der Waals surface area contributed by atoms with Crippen LogP contribution in [0.2, 0.25) is 5.02 Å². The van der Waals surface area contributed by atoms with Crippen LogP contribution in [0.4, 0.5) is 0 Å². The molecule has 1 N–H and O–H groups in total. The zero-order chi connectivity index (χ0) is 18.1. The van der Waals surface area contributed by atoms with E-state index >= 15 is 0 Å². The van der Waals surface area contributed by atoms with Crippen LogP contribution in [0.15, 0.2) is 24.3 Å². The molecule has 1 aromatic carbocycles. The Labute approximate surface area is 150 Å². The van der Waals surface area contributed by atoms with Crippen molar-refractivity contribution in [3.05, 3.63) is 34.9 Å². The van der Waals surface area contributed by atoms with Gasteiger partial charge in [-0.1, -0.05) is 30.7 Å². The maximum absolute atomic E-state index is 12.2. The summed E-state index contributed by atoms with van der Waals surface area (Å²) in [4.78, 5) is 27.8. The van der Waals surface area contributed by atoms with Crippen LogP contribution in [0.5, 0.6) is 0 Å². The van der Waals surface area contributed by atoms with Crippen LogP contribution < -0.4 is 5.32 Å². The lowest BCUT2D eigenvalue weighted by Gasteiger charge is -2.24. The summed E-state index contributed by atoms with van der Waals surface area (Å²) in [5, 5.41) is 3.69. The number of rotatable bonds is 9. The number of halogens is 1. The minimum Gasteiger partial charge on any atom is -0.348 e. The molecule has 1 rings (SSSR count). The van der Waals surface area contributed by atoms with Crippen molar-refractivity contribution in [2.75, 3.05) is 33.2 Å². The Hall–Kier alpha value is -1.59. The summed E-state index contributed by atoms with van der Waals surface area (Å²) in [6, 6.07) is 7.43. The van der Waals surface area contributed by atoms with Crippen LogP contribution >= 0.6 is 11.6 Å². The van der Waals surface area contributed by atoms with Gasteiger partial charge in [0.15, 0.2) is 0 Å². The van der Waals surface area contributed by atoms with Crippen LogP contribution in [0, 0.1) is 0 Å². The Morgan fingerprint density at radius 2 is 1.67 bits per heavy atom. The van der Waals surface area contributed by atoms with E-state index in [2.05, 4.69) is 5.32 Å². The SMILES string of the molecule is CCC(NC(=O)CN(C)CC(=O)N(CC)CC)c1ccc(Cl)cc1. The van der Waals surface area contributed by atoms with E-state index in [9.17, 15) is 9.59 Å². The van der Waals surface area contributed by atoms with Gasteiger partial charge < -0.3 is 10.2 Å². The number of nitrogens with zero attached hydrogens (tertiary/aromatic N) is 2. The molecule has 2 amide bonds. The molecule has 134 valence electrons. The molecule has 0 aliphatic rings. The number of likely N-dealkylation sites (N-methyl/N-ethyl adjacent to an activating group) is 2. The van der Waals surface area contributed by atoms with E-state index in [1.165, 1.54) is 0 Å². The minimum absolute atomic E-state index is 0.0417. The largest absolute Gasteiger partial charge is 0.348 e. The lowest BCUT2D eigenvalue weighted by Crippen LogP contribution is -2.43. The Bertz CT molecular complexity index is 530. The number of carbonyl (C=O) groups excluding carboxylic acids is 2. The number of carbonyl (C=O) groups is 2. The number of hydrogen-bond donors (Lipinski definition) is 1. The highest BCUT2D eigenvalue weighted by atomic mass is 35.5. The molecule has 0 bridgehead atoms. The Kier molecular flexibility index (Phi) is 8.79. The van der Waals surface area contributed by atoms with E-state index in [0.717, 1.165) is 12.0 Å². The number of amides is 2. The molecule has 0 aromatic heterocycles. The highest BCUT2D eigenvalue weighted by Gasteiger charge is 2.17. The normalized spacial score (nSPS) is 12.1. The first kappa shape index (κ1) is 20.5. The van der Waals surface area contributed by atoms with Gasteiger partial charge in [0.05, 0.1) is 19.1 Å². The van der Waals surface area contributed by atoms with Crippen molar-refractivity contribution in [2.24, 2.45) is 0 Å². The smallest absolute Gasteiger partial charge is 0.236 e. The summed E-state index contributed by atoms with van der Waals surface area (Å²) in [5.74, 6) is -0.0494. The zero-order valence-corrected chi connectivity index (χ0v) is 15.8. The first-order chi connectivity index (χ1) is 11.4. The number of hydrogen-bond acceptors (Lipinski definition) is 3. The molecule has 0 fully saturated rings. The summed E-state index contributed by atoms with van der Waals surface area (Å²) in [6.45, 7) is 7.73. The third-order valence-electron chi connectivity index (χ3n) is 3.95. The van der Waals surface area contributed by atoms with Crippen LogP contribution in [-0.2, 0) is 9.59 Å². The predicted octanol–water partition coefficient (Wildman–Crippen LogP) is 2.71. The average molecular weight is 354 g/mol. The summed E-state index contributed by atoms with van der Waals surface area (Å²) in [5.41, 5.74) is 1.03. The van der Waals surface area contributed by atoms with Crippen molar-refractivity contribution < 1.29 is 9.59 Å². The third-order valence-corrected chi connectivity index (χ3v) is 4.20. The molecule has 0 radical (unpaired) electrons. The van der Waals surface area contributed by atoms with Crippen molar-refractivity contribution in [1.29, 1.82) is 0 Å². The van der Waals surface area contributed by atoms with E-state index < -0.39 is 0 Å². The molecule has 6 heteroatoms. The van der Waals surface area contributed by atoms with Gasteiger partial charge in [0.1, 0.15) is 0 Å². The van der Waals surface area contributed by atoms with E-state index in [1.807, 2.05) is 45.0 Å². The molecule has 1 atom stereocenters. The Morgan fingerprint density at radius 1 is 1.08 bits per heavy atom. The summed E-state index contributed by atoms with van der Waals surface area (Å²) < 4.78 is 0. The second-order valence-electron chi connectivity index (χ2n) is 5.82. The second kappa shape index (κ2) is 10.3. The molecule has 24 heavy (non-hydrogen) atoms. The van der Waals surface area contributed by atoms with Gasteiger partial charge in [0.25, 0.3) is 0 Å². The van der Waals surface area contributed by atoms with Gasteiger partial charge in [0.2, 0.25) is 11.8 Å². The molecular formula is C18H28ClN3O2. The van der Waals surface area contributed by atoms with Crippen molar-refractivity contribution >= 4 is 23.4 Å². The van der Waals surface area contributed by atoms with E-state index in [4.69, 9.17) is 11.6 Å². The molecule has 0 spiro atoms. The summed E-state index contributed by atoms with van der Waals surface area (Å²) >= 11 is 5.90. The van der Waals surface area contributed by atoms with Crippen molar-refractivity contribution in [3.8, 4) is 0 Å². The molecule has 1 unspecified atom stereocenters. The van der Waals surface area contributed by atoms with E-state index in [0.29, 0.717) is 18.1 Å².